The van der Waals surface area contributed by atoms with E-state index in [1.165, 1.54) is 24.8 Å². The van der Waals surface area contributed by atoms with Crippen molar-refractivity contribution in [2.45, 2.75) is 25.3 Å². The Morgan fingerprint density at radius 3 is 2.66 bits per heavy atom. The van der Waals surface area contributed by atoms with E-state index in [1.54, 1.807) is 11.0 Å². The molecule has 1 fully saturated rings. The van der Waals surface area contributed by atoms with Gasteiger partial charge in [-0.3, -0.25) is 9.59 Å². The van der Waals surface area contributed by atoms with Crippen LogP contribution in [0.15, 0.2) is 42.5 Å². The number of esters is 1. The molecule has 0 saturated carbocycles. The Morgan fingerprint density at radius 1 is 1.06 bits per heavy atom. The van der Waals surface area contributed by atoms with Gasteiger partial charge in [0.2, 0.25) is 0 Å². The molecular formula is C26H30N2O7. The first-order valence-electron chi connectivity index (χ1n) is 11.8. The smallest absolute Gasteiger partial charge is 0.338 e. The van der Waals surface area contributed by atoms with Crippen molar-refractivity contribution in [3.8, 4) is 11.5 Å². The van der Waals surface area contributed by atoms with Gasteiger partial charge < -0.3 is 29.2 Å². The Morgan fingerprint density at radius 2 is 1.86 bits per heavy atom. The molecule has 2 aromatic rings. The third kappa shape index (κ3) is 6.30. The molecule has 2 amide bonds. The summed E-state index contributed by atoms with van der Waals surface area (Å²) >= 11 is 0. The van der Waals surface area contributed by atoms with Crippen molar-refractivity contribution in [2.75, 3.05) is 46.6 Å². The average molecular weight is 483 g/mol. The molecule has 4 rings (SSSR count). The van der Waals surface area contributed by atoms with Gasteiger partial charge in [0.1, 0.15) is 0 Å². The highest BCUT2D eigenvalue weighted by Gasteiger charge is 2.22. The molecule has 0 bridgehead atoms. The summed E-state index contributed by atoms with van der Waals surface area (Å²) in [4.78, 5) is 38.9. The zero-order valence-corrected chi connectivity index (χ0v) is 19.8. The summed E-state index contributed by atoms with van der Waals surface area (Å²) < 4.78 is 21.4. The number of rotatable bonds is 8. The summed E-state index contributed by atoms with van der Waals surface area (Å²) in [6.07, 6.45) is 2.85. The fraction of sp³-hybridized carbons (Fsp3) is 0.423. The number of amides is 2. The first-order chi connectivity index (χ1) is 17.0. The van der Waals surface area contributed by atoms with Gasteiger partial charge in [0.05, 0.1) is 31.9 Å². The molecule has 9 heteroatoms. The van der Waals surface area contributed by atoms with Gasteiger partial charge in [-0.15, -0.1) is 0 Å². The summed E-state index contributed by atoms with van der Waals surface area (Å²) in [7, 11) is 1.44. The van der Waals surface area contributed by atoms with E-state index >= 15 is 0 Å². The van der Waals surface area contributed by atoms with Gasteiger partial charge in [-0.2, -0.15) is 0 Å². The molecule has 9 nitrogen and oxygen atoms in total. The second-order valence-electron chi connectivity index (χ2n) is 8.43. The third-order valence-electron chi connectivity index (χ3n) is 6.15. The Bertz CT molecular complexity index is 1070. The Kier molecular flexibility index (Phi) is 8.20. The minimum atomic E-state index is -0.654. The zero-order chi connectivity index (χ0) is 24.6. The summed E-state index contributed by atoms with van der Waals surface area (Å²) in [6.45, 7) is 1.56. The van der Waals surface area contributed by atoms with Crippen LogP contribution in [-0.4, -0.2) is 69.3 Å². The molecule has 0 unspecified atom stereocenters. The molecule has 1 atom stereocenters. The fourth-order valence-corrected chi connectivity index (χ4v) is 4.31. The van der Waals surface area contributed by atoms with Gasteiger partial charge in [0.25, 0.3) is 11.8 Å². The van der Waals surface area contributed by atoms with E-state index < -0.39 is 5.97 Å². The molecule has 1 aliphatic carbocycles. The highest BCUT2D eigenvalue weighted by molar-refractivity contribution is 5.92. The quantitative estimate of drug-likeness (QED) is 0.576. The lowest BCUT2D eigenvalue weighted by Gasteiger charge is -2.26. The van der Waals surface area contributed by atoms with E-state index in [1.807, 2.05) is 18.2 Å². The van der Waals surface area contributed by atoms with Gasteiger partial charge in [0, 0.05) is 13.1 Å². The van der Waals surface area contributed by atoms with Crippen LogP contribution in [0, 0.1) is 0 Å². The molecule has 1 N–H and O–H groups in total. The van der Waals surface area contributed by atoms with Crippen molar-refractivity contribution in [2.24, 2.45) is 0 Å². The van der Waals surface area contributed by atoms with Crippen molar-refractivity contribution >= 4 is 17.8 Å². The van der Waals surface area contributed by atoms with E-state index in [4.69, 9.17) is 18.9 Å². The maximum atomic E-state index is 12.5. The fourth-order valence-electron chi connectivity index (χ4n) is 4.31. The SMILES string of the molecule is COc1cc(C(=O)OCC(=O)N[C@@H]2CCCc3ccccc32)ccc1OCC(=O)N1CCOCC1. The van der Waals surface area contributed by atoms with Gasteiger partial charge in [0.15, 0.2) is 24.7 Å². The van der Waals surface area contributed by atoms with Crippen LogP contribution in [0.4, 0.5) is 0 Å². The van der Waals surface area contributed by atoms with E-state index in [0.29, 0.717) is 32.1 Å². The Labute approximate surface area is 204 Å². The van der Waals surface area contributed by atoms with Crippen LogP contribution in [0.5, 0.6) is 11.5 Å². The van der Waals surface area contributed by atoms with Crippen LogP contribution in [-0.2, 0) is 25.5 Å². The zero-order valence-electron chi connectivity index (χ0n) is 19.8. The Balaban J connectivity index is 1.29. The second-order valence-corrected chi connectivity index (χ2v) is 8.43. The second kappa shape index (κ2) is 11.7. The van der Waals surface area contributed by atoms with Crippen LogP contribution in [0.1, 0.15) is 40.4 Å². The maximum absolute atomic E-state index is 12.5. The summed E-state index contributed by atoms with van der Waals surface area (Å²) in [5.41, 5.74) is 2.57. The first-order valence-corrected chi connectivity index (χ1v) is 11.8. The first kappa shape index (κ1) is 24.5. The van der Waals surface area contributed by atoms with Crippen molar-refractivity contribution in [1.29, 1.82) is 0 Å². The lowest BCUT2D eigenvalue weighted by Crippen LogP contribution is -2.43. The van der Waals surface area contributed by atoms with Crippen molar-refractivity contribution < 1.29 is 33.3 Å². The van der Waals surface area contributed by atoms with Gasteiger partial charge in [-0.05, 0) is 48.6 Å². The summed E-state index contributed by atoms with van der Waals surface area (Å²) in [5, 5.41) is 2.96. The topological polar surface area (TPSA) is 103 Å². The number of hydrogen-bond acceptors (Lipinski definition) is 7. The van der Waals surface area contributed by atoms with E-state index in [2.05, 4.69) is 11.4 Å². The largest absolute Gasteiger partial charge is 0.493 e. The van der Waals surface area contributed by atoms with Crippen LogP contribution >= 0.6 is 0 Å². The molecule has 0 radical (unpaired) electrons. The number of ether oxygens (including phenoxy) is 4. The van der Waals surface area contributed by atoms with Crippen LogP contribution in [0.25, 0.3) is 0 Å². The molecule has 1 saturated heterocycles. The number of methoxy groups -OCH3 is 1. The normalized spacial score (nSPS) is 17.2. The highest BCUT2D eigenvalue weighted by atomic mass is 16.5. The van der Waals surface area contributed by atoms with E-state index in [0.717, 1.165) is 24.8 Å². The number of aryl methyl sites for hydroxylation is 1. The number of benzene rings is 2. The van der Waals surface area contributed by atoms with Crippen LogP contribution in [0.2, 0.25) is 0 Å². The highest BCUT2D eigenvalue weighted by Crippen LogP contribution is 2.30. The number of carbonyl (C=O) groups excluding carboxylic acids is 3. The number of morpholine rings is 1. The predicted molar refractivity (Wildman–Crippen MR) is 126 cm³/mol. The molecule has 186 valence electrons. The molecule has 35 heavy (non-hydrogen) atoms. The van der Waals surface area contributed by atoms with Crippen LogP contribution < -0.4 is 14.8 Å². The summed E-state index contributed by atoms with van der Waals surface area (Å²) in [5.74, 6) is -0.533. The molecule has 0 spiro atoms. The van der Waals surface area contributed by atoms with Crippen molar-refractivity contribution in [3.63, 3.8) is 0 Å². The number of hydrogen-bond donors (Lipinski definition) is 1. The lowest BCUT2D eigenvalue weighted by molar-refractivity contribution is -0.137. The number of nitrogens with one attached hydrogen (secondary N) is 1. The molecule has 2 aromatic carbocycles. The minimum absolute atomic E-state index is 0.0807. The average Bonchev–Trinajstić information content (AvgIpc) is 2.91. The predicted octanol–water partition coefficient (Wildman–Crippen LogP) is 2.28. The molecular weight excluding hydrogens is 452 g/mol. The van der Waals surface area contributed by atoms with Gasteiger partial charge in [-0.1, -0.05) is 24.3 Å². The standard InChI is InChI=1S/C26H30N2O7/c1-32-23-15-19(9-10-22(23)34-17-25(30)28-11-13-33-14-12-28)26(31)35-16-24(29)27-21-8-4-6-18-5-2-3-7-20(18)21/h2-3,5,7,9-10,15,21H,4,6,8,11-14,16-17H2,1H3,(H,27,29)/t21-/m1/s1. The number of nitrogens with zero attached hydrogens (tertiary/aromatic N) is 1. The van der Waals surface area contributed by atoms with Gasteiger partial charge in [-0.25, -0.2) is 4.79 Å². The van der Waals surface area contributed by atoms with Crippen molar-refractivity contribution in [3.05, 3.63) is 59.2 Å². The molecule has 1 aliphatic heterocycles. The molecule has 1 heterocycles. The van der Waals surface area contributed by atoms with Crippen LogP contribution in [0.3, 0.4) is 0 Å². The van der Waals surface area contributed by atoms with E-state index in [9.17, 15) is 14.4 Å². The molecule has 0 aromatic heterocycles. The number of fused-ring (bicyclic) bond motifs is 1. The van der Waals surface area contributed by atoms with E-state index in [-0.39, 0.29) is 42.4 Å². The number of carbonyl (C=O) groups is 3. The third-order valence-corrected chi connectivity index (χ3v) is 6.15. The maximum Gasteiger partial charge on any atom is 0.338 e. The monoisotopic (exact) mass is 482 g/mol. The lowest BCUT2D eigenvalue weighted by atomic mass is 9.88. The summed E-state index contributed by atoms with van der Waals surface area (Å²) in [6, 6.07) is 12.5. The van der Waals surface area contributed by atoms with Gasteiger partial charge >= 0.3 is 5.97 Å². The molecule has 2 aliphatic rings. The Hall–Kier alpha value is -3.59. The minimum Gasteiger partial charge on any atom is -0.493 e. The van der Waals surface area contributed by atoms with Crippen molar-refractivity contribution in [1.82, 2.24) is 10.2 Å².